The molecule has 1 N–H and O–H groups in total. The lowest BCUT2D eigenvalue weighted by atomic mass is 9.89. The highest BCUT2D eigenvalue weighted by Gasteiger charge is 2.26. The second-order valence-electron chi connectivity index (χ2n) is 5.69. The van der Waals surface area contributed by atoms with Crippen LogP contribution in [0.25, 0.3) is 0 Å². The summed E-state index contributed by atoms with van der Waals surface area (Å²) in [6.07, 6.45) is 5.21. The SMILES string of the molecule is CCCN1CCC(C(C)NC2CCOC2)CC1. The summed E-state index contributed by atoms with van der Waals surface area (Å²) in [5.41, 5.74) is 0. The third kappa shape index (κ3) is 3.94. The monoisotopic (exact) mass is 240 g/mol. The molecule has 2 aliphatic rings. The third-order valence-electron chi connectivity index (χ3n) is 4.31. The van der Waals surface area contributed by atoms with Crippen LogP contribution in [0.15, 0.2) is 0 Å². The van der Waals surface area contributed by atoms with Gasteiger partial charge in [-0.25, -0.2) is 0 Å². The summed E-state index contributed by atoms with van der Waals surface area (Å²) in [6.45, 7) is 10.4. The van der Waals surface area contributed by atoms with E-state index in [4.69, 9.17) is 4.74 Å². The molecule has 100 valence electrons. The summed E-state index contributed by atoms with van der Waals surface area (Å²) in [6, 6.07) is 1.27. The number of likely N-dealkylation sites (tertiary alicyclic amines) is 1. The largest absolute Gasteiger partial charge is 0.380 e. The van der Waals surface area contributed by atoms with Crippen molar-refractivity contribution in [2.75, 3.05) is 32.8 Å². The number of ether oxygens (including phenoxy) is 1. The zero-order valence-electron chi connectivity index (χ0n) is 11.5. The first-order chi connectivity index (χ1) is 8.29. The van der Waals surface area contributed by atoms with E-state index in [1.54, 1.807) is 0 Å². The van der Waals surface area contributed by atoms with Crippen LogP contribution in [0, 0.1) is 5.92 Å². The molecule has 0 aromatic rings. The maximum Gasteiger partial charge on any atom is 0.0620 e. The van der Waals surface area contributed by atoms with Crippen LogP contribution in [-0.2, 0) is 4.74 Å². The molecular weight excluding hydrogens is 212 g/mol. The predicted molar refractivity (Wildman–Crippen MR) is 71.3 cm³/mol. The average molecular weight is 240 g/mol. The summed E-state index contributed by atoms with van der Waals surface area (Å²) >= 11 is 0. The highest BCUT2D eigenvalue weighted by atomic mass is 16.5. The van der Waals surface area contributed by atoms with Gasteiger partial charge in [0.15, 0.2) is 0 Å². The molecule has 2 fully saturated rings. The fourth-order valence-electron chi connectivity index (χ4n) is 3.17. The molecule has 2 unspecified atom stereocenters. The number of nitrogens with zero attached hydrogens (tertiary/aromatic N) is 1. The van der Waals surface area contributed by atoms with Crippen molar-refractivity contribution < 1.29 is 4.74 Å². The summed E-state index contributed by atoms with van der Waals surface area (Å²) < 4.78 is 5.42. The summed E-state index contributed by atoms with van der Waals surface area (Å²) in [4.78, 5) is 2.61. The van der Waals surface area contributed by atoms with Crippen molar-refractivity contribution >= 4 is 0 Å². The minimum absolute atomic E-state index is 0.610. The van der Waals surface area contributed by atoms with E-state index in [0.29, 0.717) is 12.1 Å². The molecule has 3 heteroatoms. The second-order valence-corrected chi connectivity index (χ2v) is 5.69. The molecule has 0 spiro atoms. The van der Waals surface area contributed by atoms with Crippen LogP contribution < -0.4 is 5.32 Å². The first-order valence-corrected chi connectivity index (χ1v) is 7.35. The summed E-state index contributed by atoms with van der Waals surface area (Å²) in [5.74, 6) is 0.865. The standard InChI is InChI=1S/C14H28N2O/c1-3-7-16-8-4-13(5-9-16)12(2)15-14-6-10-17-11-14/h12-15H,3-11H2,1-2H3. The van der Waals surface area contributed by atoms with Crippen LogP contribution in [-0.4, -0.2) is 49.8 Å². The van der Waals surface area contributed by atoms with Gasteiger partial charge < -0.3 is 15.0 Å². The molecule has 17 heavy (non-hydrogen) atoms. The predicted octanol–water partition coefficient (Wildman–Crippen LogP) is 1.88. The van der Waals surface area contributed by atoms with Gasteiger partial charge in [-0.2, -0.15) is 0 Å². The van der Waals surface area contributed by atoms with E-state index >= 15 is 0 Å². The van der Waals surface area contributed by atoms with E-state index < -0.39 is 0 Å². The number of nitrogens with one attached hydrogen (secondary N) is 1. The van der Waals surface area contributed by atoms with Gasteiger partial charge in [0.25, 0.3) is 0 Å². The van der Waals surface area contributed by atoms with E-state index in [0.717, 1.165) is 19.1 Å². The first-order valence-electron chi connectivity index (χ1n) is 7.35. The van der Waals surface area contributed by atoms with Crippen molar-refractivity contribution in [3.63, 3.8) is 0 Å². The van der Waals surface area contributed by atoms with Gasteiger partial charge in [-0.1, -0.05) is 6.92 Å². The normalized spacial score (nSPS) is 29.6. The number of hydrogen-bond donors (Lipinski definition) is 1. The Morgan fingerprint density at radius 3 is 2.65 bits per heavy atom. The fourth-order valence-corrected chi connectivity index (χ4v) is 3.17. The zero-order valence-corrected chi connectivity index (χ0v) is 11.5. The molecule has 3 nitrogen and oxygen atoms in total. The van der Waals surface area contributed by atoms with Gasteiger partial charge in [-0.15, -0.1) is 0 Å². The maximum absolute atomic E-state index is 5.42. The van der Waals surface area contributed by atoms with E-state index in [9.17, 15) is 0 Å². The molecule has 0 aromatic heterocycles. The molecule has 0 aliphatic carbocycles. The smallest absolute Gasteiger partial charge is 0.0620 e. The number of rotatable bonds is 5. The minimum atomic E-state index is 0.610. The third-order valence-corrected chi connectivity index (χ3v) is 4.31. The quantitative estimate of drug-likeness (QED) is 0.794. The molecule has 2 rings (SSSR count). The van der Waals surface area contributed by atoms with Gasteiger partial charge in [-0.05, 0) is 58.2 Å². The highest BCUT2D eigenvalue weighted by molar-refractivity contribution is 4.83. The Morgan fingerprint density at radius 2 is 2.06 bits per heavy atom. The molecule has 2 saturated heterocycles. The van der Waals surface area contributed by atoms with Crippen molar-refractivity contribution in [3.05, 3.63) is 0 Å². The number of hydrogen-bond acceptors (Lipinski definition) is 3. The van der Waals surface area contributed by atoms with Crippen LogP contribution in [0.4, 0.5) is 0 Å². The molecular formula is C14H28N2O. The Labute approximate surface area is 106 Å². The van der Waals surface area contributed by atoms with Crippen LogP contribution in [0.1, 0.15) is 39.5 Å². The Balaban J connectivity index is 1.68. The molecule has 2 atom stereocenters. The van der Waals surface area contributed by atoms with Gasteiger partial charge in [0.1, 0.15) is 0 Å². The van der Waals surface area contributed by atoms with Crippen molar-refractivity contribution in [1.29, 1.82) is 0 Å². The second kappa shape index (κ2) is 6.72. The average Bonchev–Trinajstić information content (AvgIpc) is 2.83. The molecule has 0 radical (unpaired) electrons. The lowest BCUT2D eigenvalue weighted by Gasteiger charge is -2.35. The van der Waals surface area contributed by atoms with Crippen LogP contribution in [0.5, 0.6) is 0 Å². The highest BCUT2D eigenvalue weighted by Crippen LogP contribution is 2.21. The van der Waals surface area contributed by atoms with Gasteiger partial charge in [0.05, 0.1) is 6.61 Å². The summed E-state index contributed by atoms with van der Waals surface area (Å²) in [7, 11) is 0. The van der Waals surface area contributed by atoms with E-state index in [-0.39, 0.29) is 0 Å². The van der Waals surface area contributed by atoms with E-state index in [2.05, 4.69) is 24.1 Å². The van der Waals surface area contributed by atoms with E-state index in [1.807, 2.05) is 0 Å². The summed E-state index contributed by atoms with van der Waals surface area (Å²) in [5, 5.41) is 3.75. The van der Waals surface area contributed by atoms with Crippen LogP contribution in [0.2, 0.25) is 0 Å². The van der Waals surface area contributed by atoms with Crippen molar-refractivity contribution in [2.24, 2.45) is 5.92 Å². The van der Waals surface area contributed by atoms with Gasteiger partial charge in [-0.3, -0.25) is 0 Å². The van der Waals surface area contributed by atoms with Crippen molar-refractivity contribution in [2.45, 2.75) is 51.6 Å². The fraction of sp³-hybridized carbons (Fsp3) is 1.00. The lowest BCUT2D eigenvalue weighted by molar-refractivity contribution is 0.152. The zero-order chi connectivity index (χ0) is 12.1. The van der Waals surface area contributed by atoms with Gasteiger partial charge in [0, 0.05) is 18.7 Å². The molecule has 0 saturated carbocycles. The van der Waals surface area contributed by atoms with Crippen LogP contribution in [0.3, 0.4) is 0 Å². The topological polar surface area (TPSA) is 24.5 Å². The van der Waals surface area contributed by atoms with Crippen molar-refractivity contribution in [1.82, 2.24) is 10.2 Å². The lowest BCUT2D eigenvalue weighted by Crippen LogP contribution is -2.45. The molecule has 0 aromatic carbocycles. The molecule has 0 amide bonds. The Morgan fingerprint density at radius 1 is 1.29 bits per heavy atom. The minimum Gasteiger partial charge on any atom is -0.380 e. The Kier molecular flexibility index (Phi) is 5.26. The Bertz CT molecular complexity index is 208. The molecule has 0 bridgehead atoms. The molecule has 2 aliphatic heterocycles. The Hall–Kier alpha value is -0.120. The van der Waals surface area contributed by atoms with E-state index in [1.165, 1.54) is 45.3 Å². The molecule has 2 heterocycles. The van der Waals surface area contributed by atoms with Gasteiger partial charge in [0.2, 0.25) is 0 Å². The number of piperidine rings is 1. The maximum atomic E-state index is 5.42. The van der Waals surface area contributed by atoms with Crippen molar-refractivity contribution in [3.8, 4) is 0 Å². The first kappa shape index (κ1) is 13.3. The van der Waals surface area contributed by atoms with Crippen LogP contribution >= 0.6 is 0 Å². The van der Waals surface area contributed by atoms with Gasteiger partial charge >= 0.3 is 0 Å².